The van der Waals surface area contributed by atoms with Crippen molar-refractivity contribution in [3.63, 3.8) is 0 Å². The third-order valence-electron chi connectivity index (χ3n) is 5.06. The predicted molar refractivity (Wildman–Crippen MR) is 138 cm³/mol. The third kappa shape index (κ3) is 6.34. The van der Waals surface area contributed by atoms with Gasteiger partial charge in [0.1, 0.15) is 0 Å². The van der Waals surface area contributed by atoms with Gasteiger partial charge in [-0.1, -0.05) is 24.3 Å². The van der Waals surface area contributed by atoms with Crippen molar-refractivity contribution in [2.24, 2.45) is 0 Å². The van der Waals surface area contributed by atoms with Crippen molar-refractivity contribution in [1.29, 1.82) is 0 Å². The van der Waals surface area contributed by atoms with Crippen LogP contribution in [0.2, 0.25) is 5.02 Å². The van der Waals surface area contributed by atoms with Crippen LogP contribution in [-0.4, -0.2) is 38.9 Å². The van der Waals surface area contributed by atoms with Crippen LogP contribution in [0.4, 0.5) is 0 Å². The number of amides is 1. The normalized spacial score (nSPS) is 11.3. The Morgan fingerprint density at radius 3 is 2.41 bits per heavy atom. The summed E-state index contributed by atoms with van der Waals surface area (Å²) in [6, 6.07) is 26.4. The minimum absolute atomic E-state index is 0.00323. The monoisotopic (exact) mass is 532 g/mol. The van der Waals surface area contributed by atoms with Gasteiger partial charge in [0.15, 0.2) is 0 Å². The SMILES string of the molecule is O=C([AsH2])CNC(=O)C(=Cc1ccc(Cl)cc1)c1ccc(OCc2ccc3ccccc3n2)cc1. The maximum atomic E-state index is 12.8. The maximum absolute atomic E-state index is 12.8. The van der Waals surface area contributed by atoms with Gasteiger partial charge in [0, 0.05) is 5.39 Å². The molecule has 170 valence electrons. The molecule has 7 heteroatoms. The molecule has 1 unspecified atom stereocenters. The average molecular weight is 533 g/mol. The standard InChI is InChI=1S/C27H22AsClN2O3/c28-26(32)16-30-27(33)24(15-18-5-10-21(29)11-6-18)19-8-13-23(14-9-19)34-17-22-12-7-20-3-1-2-4-25(20)31-22/h1-15H,16-17,28H2,(H,30,33). The number of para-hydroxylation sites is 1. The van der Waals surface area contributed by atoms with Crippen LogP contribution < -0.4 is 10.1 Å². The first-order valence-corrected chi connectivity index (χ1v) is 12.2. The van der Waals surface area contributed by atoms with Crippen molar-refractivity contribution in [2.75, 3.05) is 6.54 Å². The molecule has 4 aromatic rings. The van der Waals surface area contributed by atoms with Crippen LogP contribution >= 0.6 is 11.6 Å². The van der Waals surface area contributed by atoms with E-state index in [-0.39, 0.29) is 17.0 Å². The Balaban J connectivity index is 1.51. The summed E-state index contributed by atoms with van der Waals surface area (Å²) in [5.74, 6) is 0.339. The predicted octanol–water partition coefficient (Wildman–Crippen LogP) is 4.28. The van der Waals surface area contributed by atoms with Crippen LogP contribution in [0, 0.1) is 0 Å². The topological polar surface area (TPSA) is 68.3 Å². The number of carbonyl (C=O) groups excluding carboxylic acids is 2. The number of hydrogen-bond donors (Lipinski definition) is 1. The van der Waals surface area contributed by atoms with Gasteiger partial charge in [0.25, 0.3) is 0 Å². The van der Waals surface area contributed by atoms with Crippen LogP contribution in [0.3, 0.4) is 0 Å². The van der Waals surface area contributed by atoms with E-state index >= 15 is 0 Å². The van der Waals surface area contributed by atoms with Crippen LogP contribution in [0.15, 0.2) is 84.9 Å². The zero-order chi connectivity index (χ0) is 23.9. The van der Waals surface area contributed by atoms with Gasteiger partial charge in [0.2, 0.25) is 0 Å². The molecule has 4 rings (SSSR count). The first-order valence-electron chi connectivity index (χ1n) is 10.6. The molecule has 1 aromatic heterocycles. The van der Waals surface area contributed by atoms with Crippen LogP contribution in [0.25, 0.3) is 22.6 Å². The number of benzene rings is 3. The van der Waals surface area contributed by atoms with Crippen LogP contribution in [0.5, 0.6) is 5.75 Å². The number of nitrogens with zero attached hydrogens (tertiary/aromatic N) is 1. The molecule has 1 atom stereocenters. The van der Waals surface area contributed by atoms with Gasteiger partial charge in [-0.15, -0.1) is 0 Å². The molecule has 1 N–H and O–H groups in total. The summed E-state index contributed by atoms with van der Waals surface area (Å²) in [5, 5.41) is 4.38. The first kappa shape index (κ1) is 23.7. The fourth-order valence-corrected chi connectivity index (χ4v) is 3.69. The molecule has 0 aliphatic carbocycles. The molecule has 0 saturated carbocycles. The minimum atomic E-state index is -0.324. The number of hydrogen-bond acceptors (Lipinski definition) is 4. The van der Waals surface area contributed by atoms with Gasteiger partial charge in [-0.05, 0) is 12.1 Å². The molecule has 0 bridgehead atoms. The van der Waals surface area contributed by atoms with Gasteiger partial charge < -0.3 is 0 Å². The Morgan fingerprint density at radius 1 is 0.941 bits per heavy atom. The van der Waals surface area contributed by atoms with Gasteiger partial charge in [-0.3, -0.25) is 0 Å². The van der Waals surface area contributed by atoms with Crippen molar-refractivity contribution < 1.29 is 14.3 Å². The van der Waals surface area contributed by atoms with Crippen molar-refractivity contribution in [2.45, 2.75) is 6.61 Å². The van der Waals surface area contributed by atoms with E-state index in [4.69, 9.17) is 16.3 Å². The molecule has 5 nitrogen and oxygen atoms in total. The Morgan fingerprint density at radius 2 is 1.68 bits per heavy atom. The van der Waals surface area contributed by atoms with E-state index in [1.807, 2.05) is 72.8 Å². The number of ether oxygens (including phenoxy) is 1. The van der Waals surface area contributed by atoms with Gasteiger partial charge in [-0.25, -0.2) is 4.98 Å². The molecule has 0 saturated heterocycles. The Kier molecular flexibility index (Phi) is 7.79. The Labute approximate surface area is 211 Å². The van der Waals surface area contributed by atoms with Crippen molar-refractivity contribution in [3.8, 4) is 5.75 Å². The third-order valence-corrected chi connectivity index (χ3v) is 5.74. The summed E-state index contributed by atoms with van der Waals surface area (Å²) in [5.41, 5.74) is 3.73. The van der Waals surface area contributed by atoms with E-state index in [1.165, 1.54) is 0 Å². The summed E-state index contributed by atoms with van der Waals surface area (Å²) in [7, 11) is 0. The molecule has 0 fully saturated rings. The fraction of sp³-hybridized carbons (Fsp3) is 0.0741. The molecule has 0 aliphatic heterocycles. The second kappa shape index (κ2) is 11.1. The average Bonchev–Trinajstić information content (AvgIpc) is 2.86. The summed E-state index contributed by atoms with van der Waals surface area (Å²) < 4.78 is 5.85. The van der Waals surface area contributed by atoms with E-state index in [0.29, 0.717) is 28.5 Å². The molecular formula is C27H22AsClN2O3. The second-order valence-corrected chi connectivity index (χ2v) is 9.35. The van der Waals surface area contributed by atoms with Crippen molar-refractivity contribution >= 4 is 61.5 Å². The van der Waals surface area contributed by atoms with Crippen molar-refractivity contribution in [1.82, 2.24) is 10.3 Å². The molecule has 0 aliphatic rings. The van der Waals surface area contributed by atoms with E-state index in [0.717, 1.165) is 39.0 Å². The molecule has 3 aromatic carbocycles. The molecule has 0 spiro atoms. The van der Waals surface area contributed by atoms with Gasteiger partial charge in [-0.2, -0.15) is 0 Å². The molecule has 0 radical (unpaired) electrons. The zero-order valence-electron chi connectivity index (χ0n) is 18.2. The number of aromatic nitrogens is 1. The fourth-order valence-electron chi connectivity index (χ4n) is 3.34. The van der Waals surface area contributed by atoms with E-state index < -0.39 is 0 Å². The van der Waals surface area contributed by atoms with Gasteiger partial charge >= 0.3 is 159 Å². The summed E-state index contributed by atoms with van der Waals surface area (Å²) in [6.45, 7) is 0.329. The number of carbonyl (C=O) groups is 2. The van der Waals surface area contributed by atoms with Crippen LogP contribution in [0.1, 0.15) is 16.8 Å². The summed E-state index contributed by atoms with van der Waals surface area (Å²) >= 11 is 6.94. The molecule has 1 amide bonds. The Hall–Kier alpha value is -3.40. The number of fused-ring (bicyclic) bond motifs is 1. The quantitative estimate of drug-likeness (QED) is 0.209. The first-order chi connectivity index (χ1) is 16.5. The molecule has 34 heavy (non-hydrogen) atoms. The van der Waals surface area contributed by atoms with Crippen molar-refractivity contribution in [3.05, 3.63) is 107 Å². The molecular weight excluding hydrogens is 511 g/mol. The second-order valence-electron chi connectivity index (χ2n) is 7.57. The van der Waals surface area contributed by atoms with E-state index in [2.05, 4.69) is 10.3 Å². The number of rotatable bonds is 8. The molecule has 1 heterocycles. The van der Waals surface area contributed by atoms with E-state index in [9.17, 15) is 9.59 Å². The summed E-state index contributed by atoms with van der Waals surface area (Å²) in [4.78, 5) is 28.8. The number of nitrogens with one attached hydrogen (secondary N) is 1. The van der Waals surface area contributed by atoms with E-state index in [1.54, 1.807) is 18.2 Å². The zero-order valence-corrected chi connectivity index (χ0v) is 21.4. The Bertz CT molecular complexity index is 1350. The van der Waals surface area contributed by atoms with Crippen LogP contribution in [-0.2, 0) is 16.2 Å². The van der Waals surface area contributed by atoms with Gasteiger partial charge in [0.05, 0.1) is 5.52 Å². The number of halogens is 1. The number of pyridine rings is 1. The summed E-state index contributed by atoms with van der Waals surface area (Å²) in [6.07, 6.45) is 1.77.